The number of hydrogen-bond acceptors (Lipinski definition) is 2. The van der Waals surface area contributed by atoms with E-state index in [0.29, 0.717) is 5.52 Å². The quantitative estimate of drug-likeness (QED) is 0.194. The average molecular weight is 570 g/mol. The number of thiophene rings is 1. The molecule has 7 aromatic carbocycles. The van der Waals surface area contributed by atoms with Crippen LogP contribution in [-0.2, 0) is 0 Å². The molecule has 2 aromatic heterocycles. The van der Waals surface area contributed by atoms with Crippen molar-refractivity contribution >= 4 is 64.1 Å². The summed E-state index contributed by atoms with van der Waals surface area (Å²) in [7, 11) is 0. The van der Waals surface area contributed by atoms with Gasteiger partial charge in [-0.25, -0.2) is 4.98 Å². The Morgan fingerprint density at radius 1 is 0.558 bits per heavy atom. The van der Waals surface area contributed by atoms with E-state index < -0.39 is 6.85 Å². The van der Waals surface area contributed by atoms with E-state index in [4.69, 9.17) is 4.11 Å². The molecule has 0 N–H and O–H groups in total. The van der Waals surface area contributed by atoms with Crippen LogP contribution in [0.1, 0.15) is 9.94 Å². The topological polar surface area (TPSA) is 17.8 Å². The summed E-state index contributed by atoms with van der Waals surface area (Å²) in [6, 6.07) is 48.4. The molecule has 0 saturated heterocycles. The van der Waals surface area contributed by atoms with Crippen LogP contribution in [0, 0.1) is 6.85 Å². The lowest BCUT2D eigenvalue weighted by Gasteiger charge is -2.20. The molecule has 0 unspecified atom stereocenters. The fourth-order valence-corrected chi connectivity index (χ4v) is 7.85. The summed E-state index contributed by atoms with van der Waals surface area (Å²) in [6.07, 6.45) is 0. The molecule has 0 radical (unpaired) electrons. The second-order valence-corrected chi connectivity index (χ2v) is 12.0. The molecule has 9 rings (SSSR count). The maximum absolute atomic E-state index is 8.40. The molecular formula is C40H26N2S. The Balaban J connectivity index is 1.38. The van der Waals surface area contributed by atoms with E-state index in [-0.39, 0.29) is 5.82 Å². The Morgan fingerprint density at radius 3 is 1.93 bits per heavy atom. The normalized spacial score (nSPS) is 13.2. The Bertz CT molecular complexity index is 2590. The number of fused-ring (bicyclic) bond motifs is 6. The minimum absolute atomic E-state index is 0.0580. The molecule has 0 spiro atoms. The maximum atomic E-state index is 8.40. The summed E-state index contributed by atoms with van der Waals surface area (Å²) in [5.74, 6) is 0.0580. The van der Waals surface area contributed by atoms with Gasteiger partial charge in [0.25, 0.3) is 0 Å². The molecule has 9 aromatic rings. The SMILES string of the molecule is [2H]C([2H])([2H])c1nc2ccccc2n1-c1ccccc1-c1c2ccccc2c(-c2ccc3sc4ccccc4c3c2)c2ccccc12. The van der Waals surface area contributed by atoms with Crippen molar-refractivity contribution in [3.8, 4) is 27.9 Å². The summed E-state index contributed by atoms with van der Waals surface area (Å²) < 4.78 is 29.6. The first kappa shape index (κ1) is 21.5. The van der Waals surface area contributed by atoms with Gasteiger partial charge in [-0.1, -0.05) is 103 Å². The Labute approximate surface area is 257 Å². The van der Waals surface area contributed by atoms with Gasteiger partial charge in [-0.3, -0.25) is 4.57 Å². The van der Waals surface area contributed by atoms with E-state index in [2.05, 4.69) is 102 Å². The van der Waals surface area contributed by atoms with Gasteiger partial charge in [0.05, 0.1) is 16.7 Å². The van der Waals surface area contributed by atoms with Crippen LogP contribution in [-0.4, -0.2) is 9.55 Å². The van der Waals surface area contributed by atoms with Crippen LogP contribution in [0.5, 0.6) is 0 Å². The minimum Gasteiger partial charge on any atom is -0.296 e. The number of nitrogens with zero attached hydrogens (tertiary/aromatic N) is 2. The minimum atomic E-state index is -2.40. The van der Waals surface area contributed by atoms with Gasteiger partial charge in [0.1, 0.15) is 5.82 Å². The summed E-state index contributed by atoms with van der Waals surface area (Å²) >= 11 is 1.83. The van der Waals surface area contributed by atoms with Gasteiger partial charge in [-0.2, -0.15) is 0 Å². The van der Waals surface area contributed by atoms with Crippen molar-refractivity contribution in [3.05, 3.63) is 145 Å². The van der Waals surface area contributed by atoms with Crippen molar-refractivity contribution in [2.45, 2.75) is 6.85 Å². The lowest BCUT2D eigenvalue weighted by molar-refractivity contribution is 1.00. The van der Waals surface area contributed by atoms with E-state index in [9.17, 15) is 0 Å². The molecule has 2 nitrogen and oxygen atoms in total. The molecule has 0 atom stereocenters. The summed E-state index contributed by atoms with van der Waals surface area (Å²) in [5.41, 5.74) is 6.61. The number of benzene rings is 7. The smallest absolute Gasteiger partial charge is 0.111 e. The van der Waals surface area contributed by atoms with Gasteiger partial charge < -0.3 is 0 Å². The van der Waals surface area contributed by atoms with Crippen LogP contribution in [0.2, 0.25) is 0 Å². The Kier molecular flexibility index (Phi) is 4.68. The fourth-order valence-electron chi connectivity index (χ4n) is 6.76. The van der Waals surface area contributed by atoms with E-state index in [1.807, 2.05) is 58.4 Å². The summed E-state index contributed by atoms with van der Waals surface area (Å²) in [6.45, 7) is -2.40. The number of rotatable bonds is 3. The molecule has 0 aliphatic rings. The van der Waals surface area contributed by atoms with Gasteiger partial charge >= 0.3 is 0 Å². The highest BCUT2D eigenvalue weighted by Gasteiger charge is 2.20. The van der Waals surface area contributed by atoms with E-state index in [1.54, 1.807) is 0 Å². The molecule has 202 valence electrons. The van der Waals surface area contributed by atoms with Gasteiger partial charge in [0.15, 0.2) is 0 Å². The Hall–Kier alpha value is -5.25. The number of imidazole rings is 1. The predicted octanol–water partition coefficient (Wildman–Crippen LogP) is 11.3. The third-order valence-corrected chi connectivity index (χ3v) is 9.72. The van der Waals surface area contributed by atoms with Crippen LogP contribution in [0.3, 0.4) is 0 Å². The first-order valence-electron chi connectivity index (χ1n) is 15.9. The van der Waals surface area contributed by atoms with Crippen LogP contribution in [0.4, 0.5) is 0 Å². The molecule has 0 amide bonds. The monoisotopic (exact) mass is 569 g/mol. The number of para-hydroxylation sites is 3. The lowest BCUT2D eigenvalue weighted by Crippen LogP contribution is -2.00. The van der Waals surface area contributed by atoms with Gasteiger partial charge in [-0.15, -0.1) is 11.3 Å². The average Bonchev–Trinajstić information content (AvgIpc) is 3.66. The third-order valence-electron chi connectivity index (χ3n) is 8.57. The van der Waals surface area contributed by atoms with Crippen molar-refractivity contribution in [2.75, 3.05) is 0 Å². The van der Waals surface area contributed by atoms with Crippen LogP contribution in [0.15, 0.2) is 140 Å². The highest BCUT2D eigenvalue weighted by molar-refractivity contribution is 7.25. The van der Waals surface area contributed by atoms with E-state index in [1.165, 1.54) is 31.3 Å². The van der Waals surface area contributed by atoms with Crippen LogP contribution < -0.4 is 0 Å². The van der Waals surface area contributed by atoms with Crippen molar-refractivity contribution in [2.24, 2.45) is 0 Å². The van der Waals surface area contributed by atoms with Gasteiger partial charge in [-0.05, 0) is 81.5 Å². The molecule has 3 heteroatoms. The zero-order chi connectivity index (χ0) is 31.0. The molecule has 0 aliphatic heterocycles. The largest absolute Gasteiger partial charge is 0.296 e. The van der Waals surface area contributed by atoms with Crippen molar-refractivity contribution in [1.82, 2.24) is 9.55 Å². The van der Waals surface area contributed by atoms with Crippen LogP contribution in [0.25, 0.3) is 80.7 Å². The van der Waals surface area contributed by atoms with E-state index in [0.717, 1.165) is 43.9 Å². The summed E-state index contributed by atoms with van der Waals surface area (Å²) in [5, 5.41) is 7.07. The molecule has 0 saturated carbocycles. The first-order valence-corrected chi connectivity index (χ1v) is 15.2. The fraction of sp³-hybridized carbons (Fsp3) is 0.0250. The van der Waals surface area contributed by atoms with Crippen molar-refractivity contribution < 1.29 is 4.11 Å². The summed E-state index contributed by atoms with van der Waals surface area (Å²) in [4.78, 5) is 4.62. The molecule has 0 bridgehead atoms. The van der Waals surface area contributed by atoms with Crippen molar-refractivity contribution in [1.29, 1.82) is 0 Å². The predicted molar refractivity (Wildman–Crippen MR) is 185 cm³/mol. The zero-order valence-corrected chi connectivity index (χ0v) is 23.9. The number of aryl methyl sites for hydroxylation is 1. The number of aromatic nitrogens is 2. The molecule has 2 heterocycles. The number of hydrogen-bond donors (Lipinski definition) is 0. The molecular weight excluding hydrogens is 541 g/mol. The second-order valence-electron chi connectivity index (χ2n) is 10.9. The Morgan fingerprint density at radius 2 is 1.16 bits per heavy atom. The zero-order valence-electron chi connectivity index (χ0n) is 26.1. The molecule has 43 heavy (non-hydrogen) atoms. The second kappa shape index (κ2) is 9.38. The van der Waals surface area contributed by atoms with Crippen LogP contribution >= 0.6 is 11.3 Å². The third kappa shape index (κ3) is 3.62. The first-order chi connectivity index (χ1) is 22.5. The highest BCUT2D eigenvalue weighted by Crippen LogP contribution is 2.46. The highest BCUT2D eigenvalue weighted by atomic mass is 32.1. The molecule has 0 aliphatic carbocycles. The lowest BCUT2D eigenvalue weighted by atomic mass is 9.85. The standard InChI is InChI=1S/C40H26N2S/c1-25-41-34-18-8-10-20-36(34)42(25)35-19-9-6-17-32(35)40-30-15-4-2-13-28(30)39(29-14-3-5-16-31(29)40)26-22-23-38-33(24-26)27-12-7-11-21-37(27)43-38/h2-24H,1H3/i1D3. The van der Waals surface area contributed by atoms with Gasteiger partial charge in [0.2, 0.25) is 0 Å². The maximum Gasteiger partial charge on any atom is 0.111 e. The van der Waals surface area contributed by atoms with Crippen molar-refractivity contribution in [3.63, 3.8) is 0 Å². The molecule has 0 fully saturated rings. The van der Waals surface area contributed by atoms with E-state index >= 15 is 0 Å². The van der Waals surface area contributed by atoms with Gasteiger partial charge in [0, 0.05) is 29.8 Å².